The molecule has 2 aliphatic rings. The van der Waals surface area contributed by atoms with Gasteiger partial charge in [0, 0.05) is 0 Å². The Balaban J connectivity index is 0.000000147. The third kappa shape index (κ3) is 4.42. The molecule has 0 saturated heterocycles. The highest BCUT2D eigenvalue weighted by molar-refractivity contribution is 5.60. The summed E-state index contributed by atoms with van der Waals surface area (Å²) in [5.74, 6) is -4.33. The molecule has 0 unspecified atom stereocenters. The zero-order valence-electron chi connectivity index (χ0n) is 22.3. The zero-order chi connectivity index (χ0) is 32.3. The Hall–Kier alpha value is -6.74. The normalized spacial score (nSPS) is 16.0. The molecule has 46 heavy (non-hydrogen) atoms. The molecule has 8 rings (SSSR count). The van der Waals surface area contributed by atoms with Crippen molar-refractivity contribution in [2.75, 3.05) is 0 Å². The maximum atomic E-state index is 13.4. The Morgan fingerprint density at radius 3 is 1.48 bits per heavy atom. The number of nitrogens with zero attached hydrogens (tertiary/aromatic N) is 10. The van der Waals surface area contributed by atoms with Crippen LogP contribution in [0.1, 0.15) is 34.3 Å². The topological polar surface area (TPSA) is 260 Å². The monoisotopic (exact) mass is 638 g/mol. The smallest absolute Gasteiger partial charge is 0.358 e. The fourth-order valence-corrected chi connectivity index (χ4v) is 5.23. The fraction of sp³-hybridized carbons (Fsp3) is 0.167. The van der Waals surface area contributed by atoms with Crippen LogP contribution >= 0.6 is 0 Å². The van der Waals surface area contributed by atoms with Gasteiger partial charge in [-0.3, -0.25) is 9.05 Å². The molecule has 2 aliphatic carbocycles. The van der Waals surface area contributed by atoms with Crippen molar-refractivity contribution >= 4 is 11.6 Å². The van der Waals surface area contributed by atoms with E-state index >= 15 is 0 Å². The van der Waals surface area contributed by atoms with Crippen molar-refractivity contribution in [3.8, 4) is 23.0 Å². The van der Waals surface area contributed by atoms with Gasteiger partial charge in [0.2, 0.25) is 11.6 Å². The first-order valence-electron chi connectivity index (χ1n) is 12.8. The molecule has 0 N–H and O–H groups in total. The van der Waals surface area contributed by atoms with Crippen LogP contribution in [0.4, 0.5) is 20.4 Å². The Morgan fingerprint density at radius 1 is 0.674 bits per heavy atom. The molecule has 0 bridgehead atoms. The lowest BCUT2D eigenvalue weighted by atomic mass is 9.83. The van der Waals surface area contributed by atoms with Crippen LogP contribution in [0.25, 0.3) is 23.0 Å². The summed E-state index contributed by atoms with van der Waals surface area (Å²) >= 11 is 0. The van der Waals surface area contributed by atoms with Gasteiger partial charge in [-0.2, -0.15) is 0 Å². The molecule has 2 atom stereocenters. The summed E-state index contributed by atoms with van der Waals surface area (Å²) < 4.78 is 46.8. The summed E-state index contributed by atoms with van der Waals surface area (Å²) in [6, 6.07) is 7.34. The number of rotatable bonds is 6. The molecule has 0 amide bonds. The molecule has 0 spiro atoms. The van der Waals surface area contributed by atoms with Gasteiger partial charge < -0.3 is 20.2 Å². The first-order valence-corrected chi connectivity index (χ1v) is 12.8. The summed E-state index contributed by atoms with van der Waals surface area (Å²) in [5.41, 5.74) is 2.23. The molecular formula is C24H12F2N10O10. The average Bonchev–Trinajstić information content (AvgIpc) is 3.81. The minimum absolute atomic E-state index is 0.192. The molecule has 0 fully saturated rings. The standard InChI is InChI=1S/2C12H6FN5O5/c2*13-6-2-1-5-3-8(7(5)4-6)17-10(15-22-12(17)19)9-11(18(20)21)16-23-14-9/h2*1-2,4,8H,3H2/t2*8-/m10/s1. The van der Waals surface area contributed by atoms with Gasteiger partial charge >= 0.3 is 23.1 Å². The third-order valence-electron chi connectivity index (χ3n) is 7.37. The second-order valence-corrected chi connectivity index (χ2v) is 9.80. The van der Waals surface area contributed by atoms with Crippen molar-refractivity contribution in [1.82, 2.24) is 40.1 Å². The van der Waals surface area contributed by atoms with Gasteiger partial charge in [0.15, 0.2) is 10.3 Å². The van der Waals surface area contributed by atoms with E-state index in [9.17, 15) is 38.6 Å². The molecular weight excluding hydrogens is 626 g/mol. The van der Waals surface area contributed by atoms with Gasteiger partial charge in [0.25, 0.3) is 11.4 Å². The van der Waals surface area contributed by atoms with Crippen LogP contribution in [-0.2, 0) is 12.8 Å². The van der Waals surface area contributed by atoms with E-state index in [1.54, 1.807) is 12.1 Å². The minimum Gasteiger partial charge on any atom is -0.358 e. The SMILES string of the molecule is O=c1onc(-c2nonc2[N+](=O)[O-])n1[C@@H]1Cc2ccc(F)cc21.O=c1onc(-c2nonc2[N+](=O)[O-])n1[C@H]1Cc2ccc(F)cc21. The maximum absolute atomic E-state index is 13.4. The first-order chi connectivity index (χ1) is 22.1. The van der Waals surface area contributed by atoms with Gasteiger partial charge in [-0.05, 0) is 79.5 Å². The number of halogens is 2. The molecule has 22 heteroatoms. The number of hydrogen-bond donors (Lipinski definition) is 0. The van der Waals surface area contributed by atoms with E-state index in [1.807, 2.05) is 0 Å². The Bertz CT molecular complexity index is 2140. The number of nitro groups is 2. The van der Waals surface area contributed by atoms with Crippen LogP contribution in [0.5, 0.6) is 0 Å². The van der Waals surface area contributed by atoms with E-state index in [0.717, 1.165) is 20.3 Å². The Morgan fingerprint density at radius 2 is 1.09 bits per heavy atom. The number of hydrogen-bond acceptors (Lipinski definition) is 16. The summed E-state index contributed by atoms with van der Waals surface area (Å²) in [4.78, 5) is 44.1. The summed E-state index contributed by atoms with van der Waals surface area (Å²) in [6.07, 6.45) is 0.867. The third-order valence-corrected chi connectivity index (χ3v) is 7.37. The quantitative estimate of drug-likeness (QED) is 0.187. The van der Waals surface area contributed by atoms with Crippen LogP contribution in [0.2, 0.25) is 0 Å². The molecule has 20 nitrogen and oxygen atoms in total. The first kappa shape index (κ1) is 28.1. The van der Waals surface area contributed by atoms with Crippen LogP contribution in [0.15, 0.2) is 64.3 Å². The highest BCUT2D eigenvalue weighted by Gasteiger charge is 2.38. The second kappa shape index (κ2) is 10.5. The summed E-state index contributed by atoms with van der Waals surface area (Å²) in [5, 5.41) is 42.0. The number of fused-ring (bicyclic) bond motifs is 2. The van der Waals surface area contributed by atoms with Gasteiger partial charge in [0.05, 0.1) is 12.1 Å². The van der Waals surface area contributed by atoms with Gasteiger partial charge in [0.1, 0.15) is 11.6 Å². The molecule has 0 radical (unpaired) electrons. The Labute approximate surface area is 248 Å². The van der Waals surface area contributed by atoms with Crippen molar-refractivity contribution in [2.24, 2.45) is 0 Å². The summed E-state index contributed by atoms with van der Waals surface area (Å²) in [7, 11) is 0. The maximum Gasteiger partial charge on any atom is 0.446 e. The van der Waals surface area contributed by atoms with E-state index in [-0.39, 0.29) is 23.0 Å². The van der Waals surface area contributed by atoms with Crippen LogP contribution < -0.4 is 11.5 Å². The van der Waals surface area contributed by atoms with E-state index in [0.29, 0.717) is 24.0 Å². The summed E-state index contributed by atoms with van der Waals surface area (Å²) in [6.45, 7) is 0. The molecule has 2 aromatic carbocycles. The van der Waals surface area contributed by atoms with Crippen LogP contribution in [0, 0.1) is 31.9 Å². The van der Waals surface area contributed by atoms with Crippen molar-refractivity contribution in [3.05, 3.63) is 112 Å². The van der Waals surface area contributed by atoms with E-state index in [4.69, 9.17) is 0 Å². The average molecular weight is 638 g/mol. The van der Waals surface area contributed by atoms with Crippen molar-refractivity contribution < 1.29 is 36.9 Å². The predicted molar refractivity (Wildman–Crippen MR) is 138 cm³/mol. The van der Waals surface area contributed by atoms with Crippen LogP contribution in [0.3, 0.4) is 0 Å². The largest absolute Gasteiger partial charge is 0.446 e. The van der Waals surface area contributed by atoms with E-state index < -0.39 is 56.7 Å². The van der Waals surface area contributed by atoms with Gasteiger partial charge in [-0.1, -0.05) is 22.4 Å². The highest BCUT2D eigenvalue weighted by Crippen LogP contribution is 2.40. The molecule has 0 aliphatic heterocycles. The minimum atomic E-state index is -0.836. The predicted octanol–water partition coefficient (Wildman–Crippen LogP) is 2.16. The van der Waals surface area contributed by atoms with Crippen LogP contribution in [-0.4, -0.2) is 49.9 Å². The van der Waals surface area contributed by atoms with Gasteiger partial charge in [-0.15, -0.1) is 9.26 Å². The van der Waals surface area contributed by atoms with E-state index in [1.165, 1.54) is 24.3 Å². The Kier molecular flexibility index (Phi) is 6.38. The number of aromatic nitrogens is 8. The lowest BCUT2D eigenvalue weighted by molar-refractivity contribution is -0.390. The lowest BCUT2D eigenvalue weighted by Gasteiger charge is -2.30. The highest BCUT2D eigenvalue weighted by atomic mass is 19.1. The van der Waals surface area contributed by atoms with E-state index in [2.05, 4.69) is 49.2 Å². The van der Waals surface area contributed by atoms with Crippen molar-refractivity contribution in [1.29, 1.82) is 0 Å². The molecule has 4 aromatic heterocycles. The second-order valence-electron chi connectivity index (χ2n) is 9.80. The fourth-order valence-electron chi connectivity index (χ4n) is 5.23. The lowest BCUT2D eigenvalue weighted by Crippen LogP contribution is -2.31. The molecule has 6 aromatic rings. The van der Waals surface area contributed by atoms with Gasteiger partial charge in [-0.25, -0.2) is 27.5 Å². The van der Waals surface area contributed by atoms with Crippen molar-refractivity contribution in [3.63, 3.8) is 0 Å². The number of benzene rings is 2. The molecule has 232 valence electrons. The zero-order valence-corrected chi connectivity index (χ0v) is 22.3. The molecule has 4 heterocycles. The molecule has 0 saturated carbocycles. The van der Waals surface area contributed by atoms with Crippen molar-refractivity contribution in [2.45, 2.75) is 24.9 Å².